The molecule has 0 N–H and O–H groups in total. The Morgan fingerprint density at radius 1 is 1.42 bits per heavy atom. The predicted molar refractivity (Wildman–Crippen MR) is 77.6 cm³/mol. The molecule has 0 amide bonds. The predicted octanol–water partition coefficient (Wildman–Crippen LogP) is 1.77. The van der Waals surface area contributed by atoms with Crippen LogP contribution in [0.4, 0.5) is 0 Å². The van der Waals surface area contributed by atoms with E-state index in [0.717, 1.165) is 56.1 Å². The molecule has 0 bridgehead atoms. The van der Waals surface area contributed by atoms with Crippen LogP contribution in [0.5, 0.6) is 0 Å². The molecule has 1 aliphatic heterocycles. The van der Waals surface area contributed by atoms with Crippen molar-refractivity contribution in [2.75, 3.05) is 46.4 Å². The molecule has 1 aromatic carbocycles. The zero-order valence-corrected chi connectivity index (χ0v) is 12.1. The van der Waals surface area contributed by atoms with Crippen LogP contribution < -0.4 is 0 Å². The summed E-state index contributed by atoms with van der Waals surface area (Å²) >= 11 is 1.68. The lowest BCUT2D eigenvalue weighted by atomic mass is 10.2. The maximum Gasteiger partial charge on any atom is 0.150 e. The fourth-order valence-corrected chi connectivity index (χ4v) is 2.84. The van der Waals surface area contributed by atoms with Crippen molar-refractivity contribution < 1.29 is 9.53 Å². The van der Waals surface area contributed by atoms with Crippen LogP contribution in [-0.2, 0) is 4.74 Å². The van der Waals surface area contributed by atoms with E-state index in [-0.39, 0.29) is 0 Å². The lowest BCUT2D eigenvalue weighted by Gasteiger charge is -2.28. The summed E-state index contributed by atoms with van der Waals surface area (Å²) < 4.78 is 7.54. The van der Waals surface area contributed by atoms with E-state index in [1.807, 2.05) is 24.3 Å². The molecule has 2 rings (SSSR count). The first-order chi connectivity index (χ1) is 9.28. The second kappa shape index (κ2) is 7.65. The Bertz CT molecular complexity index is 408. The van der Waals surface area contributed by atoms with Crippen molar-refractivity contribution in [3.63, 3.8) is 0 Å². The molecule has 1 aliphatic rings. The summed E-state index contributed by atoms with van der Waals surface area (Å²) in [5.41, 5.74) is 0.728. The van der Waals surface area contributed by atoms with E-state index < -0.39 is 0 Å². The van der Waals surface area contributed by atoms with E-state index in [1.54, 1.807) is 11.9 Å². The minimum atomic E-state index is 0.728. The molecule has 5 heteroatoms. The van der Waals surface area contributed by atoms with Gasteiger partial charge in [0.1, 0.15) is 6.29 Å². The quantitative estimate of drug-likeness (QED) is 0.586. The molecule has 0 radical (unpaired) electrons. The molecule has 1 saturated heterocycles. The lowest BCUT2D eigenvalue weighted by molar-refractivity contribution is 0.0370. The zero-order valence-electron chi connectivity index (χ0n) is 11.2. The maximum atomic E-state index is 10.7. The van der Waals surface area contributed by atoms with Gasteiger partial charge in [0.05, 0.1) is 13.2 Å². The number of carbonyl (C=O) groups excluding carboxylic acids is 1. The molecular formula is C14H20N2O2S. The standard InChI is InChI=1S/C14H20N2O2S/c1-15(5-6-16-7-9-18-10-8-16)19-14-4-2-3-13(11-14)12-17/h2-4,11-12H,5-10H2,1H3. The second-order valence-electron chi connectivity index (χ2n) is 4.59. The number of morpholine rings is 1. The Hall–Kier alpha value is -0.880. The largest absolute Gasteiger partial charge is 0.379 e. The summed E-state index contributed by atoms with van der Waals surface area (Å²) in [5.74, 6) is 0. The van der Waals surface area contributed by atoms with Crippen LogP contribution in [0, 0.1) is 0 Å². The number of aldehydes is 1. The molecule has 4 nitrogen and oxygen atoms in total. The third-order valence-electron chi connectivity index (χ3n) is 3.09. The van der Waals surface area contributed by atoms with Crippen LogP contribution in [0.1, 0.15) is 10.4 Å². The van der Waals surface area contributed by atoms with Gasteiger partial charge in [0.2, 0.25) is 0 Å². The first-order valence-corrected chi connectivity index (χ1v) is 7.30. The minimum absolute atomic E-state index is 0.728. The average Bonchev–Trinajstić information content (AvgIpc) is 2.46. The van der Waals surface area contributed by atoms with E-state index in [9.17, 15) is 4.79 Å². The van der Waals surface area contributed by atoms with Crippen LogP contribution in [-0.4, -0.2) is 61.9 Å². The number of ether oxygens (including phenoxy) is 1. The Morgan fingerprint density at radius 3 is 2.95 bits per heavy atom. The molecule has 1 fully saturated rings. The van der Waals surface area contributed by atoms with Gasteiger partial charge in [0.25, 0.3) is 0 Å². The second-order valence-corrected chi connectivity index (χ2v) is 5.86. The normalized spacial score (nSPS) is 16.7. The van der Waals surface area contributed by atoms with E-state index in [4.69, 9.17) is 4.74 Å². The SMILES string of the molecule is CN(CCN1CCOCC1)Sc1cccc(C=O)c1. The summed E-state index contributed by atoms with van der Waals surface area (Å²) in [6.07, 6.45) is 0.887. The number of likely N-dealkylation sites (N-methyl/N-ethyl adjacent to an activating group) is 1. The average molecular weight is 280 g/mol. The molecule has 0 aliphatic carbocycles. The molecule has 1 heterocycles. The highest BCUT2D eigenvalue weighted by molar-refractivity contribution is 7.97. The van der Waals surface area contributed by atoms with Gasteiger partial charge in [-0.1, -0.05) is 12.1 Å². The van der Waals surface area contributed by atoms with Gasteiger partial charge < -0.3 is 4.74 Å². The smallest absolute Gasteiger partial charge is 0.150 e. The third-order valence-corrected chi connectivity index (χ3v) is 4.05. The number of benzene rings is 1. The number of rotatable bonds is 6. The monoisotopic (exact) mass is 280 g/mol. The Balaban J connectivity index is 1.76. The van der Waals surface area contributed by atoms with Crippen molar-refractivity contribution in [3.05, 3.63) is 29.8 Å². The molecule has 104 valence electrons. The first-order valence-electron chi connectivity index (χ1n) is 6.52. The Morgan fingerprint density at radius 2 is 2.21 bits per heavy atom. The summed E-state index contributed by atoms with van der Waals surface area (Å²) in [6.45, 7) is 5.80. The lowest BCUT2D eigenvalue weighted by Crippen LogP contribution is -2.39. The Labute approximate surface area is 118 Å². The number of nitrogens with zero attached hydrogens (tertiary/aromatic N) is 2. The van der Waals surface area contributed by atoms with E-state index in [0.29, 0.717) is 0 Å². The van der Waals surface area contributed by atoms with Crippen molar-refractivity contribution in [1.82, 2.24) is 9.21 Å². The minimum Gasteiger partial charge on any atom is -0.379 e. The molecule has 1 aromatic rings. The van der Waals surface area contributed by atoms with Crippen LogP contribution in [0.15, 0.2) is 29.2 Å². The van der Waals surface area contributed by atoms with E-state index >= 15 is 0 Å². The van der Waals surface area contributed by atoms with Gasteiger partial charge in [-0.2, -0.15) is 0 Å². The highest BCUT2D eigenvalue weighted by atomic mass is 32.2. The van der Waals surface area contributed by atoms with Gasteiger partial charge in [-0.25, -0.2) is 4.31 Å². The summed E-state index contributed by atoms with van der Waals surface area (Å²) in [7, 11) is 2.08. The van der Waals surface area contributed by atoms with Gasteiger partial charge in [-0.05, 0) is 31.1 Å². The molecular weight excluding hydrogens is 260 g/mol. The van der Waals surface area contributed by atoms with Gasteiger partial charge >= 0.3 is 0 Å². The summed E-state index contributed by atoms with van der Waals surface area (Å²) in [6, 6.07) is 7.69. The van der Waals surface area contributed by atoms with Crippen LogP contribution in [0.25, 0.3) is 0 Å². The molecule has 0 atom stereocenters. The highest BCUT2D eigenvalue weighted by Gasteiger charge is 2.11. The first kappa shape index (κ1) is 14.5. The molecule has 0 aromatic heterocycles. The highest BCUT2D eigenvalue weighted by Crippen LogP contribution is 2.21. The van der Waals surface area contributed by atoms with Crippen molar-refractivity contribution in [3.8, 4) is 0 Å². The van der Waals surface area contributed by atoms with Gasteiger partial charge in [-0.3, -0.25) is 9.69 Å². The van der Waals surface area contributed by atoms with E-state index in [2.05, 4.69) is 16.3 Å². The van der Waals surface area contributed by atoms with Gasteiger partial charge in [-0.15, -0.1) is 0 Å². The Kier molecular flexibility index (Phi) is 5.85. The van der Waals surface area contributed by atoms with Crippen LogP contribution >= 0.6 is 11.9 Å². The van der Waals surface area contributed by atoms with Crippen molar-refractivity contribution >= 4 is 18.2 Å². The fraction of sp³-hybridized carbons (Fsp3) is 0.500. The van der Waals surface area contributed by atoms with Crippen LogP contribution in [0.3, 0.4) is 0 Å². The summed E-state index contributed by atoms with van der Waals surface area (Å²) in [5, 5.41) is 0. The van der Waals surface area contributed by atoms with Gasteiger partial charge in [0, 0.05) is 36.6 Å². The number of hydrogen-bond acceptors (Lipinski definition) is 5. The molecule has 0 unspecified atom stereocenters. The van der Waals surface area contributed by atoms with E-state index in [1.165, 1.54) is 0 Å². The third kappa shape index (κ3) is 4.95. The van der Waals surface area contributed by atoms with Crippen molar-refractivity contribution in [2.24, 2.45) is 0 Å². The zero-order chi connectivity index (χ0) is 13.5. The van der Waals surface area contributed by atoms with Crippen molar-refractivity contribution in [1.29, 1.82) is 0 Å². The molecule has 0 spiro atoms. The fourth-order valence-electron chi connectivity index (χ4n) is 1.98. The van der Waals surface area contributed by atoms with Gasteiger partial charge in [0.15, 0.2) is 0 Å². The maximum absolute atomic E-state index is 10.7. The number of hydrogen-bond donors (Lipinski definition) is 0. The topological polar surface area (TPSA) is 32.8 Å². The number of carbonyl (C=O) groups is 1. The molecule has 0 saturated carbocycles. The van der Waals surface area contributed by atoms with Crippen LogP contribution in [0.2, 0.25) is 0 Å². The molecule has 19 heavy (non-hydrogen) atoms. The van der Waals surface area contributed by atoms with Crippen molar-refractivity contribution in [2.45, 2.75) is 4.90 Å². The summed E-state index contributed by atoms with van der Waals surface area (Å²) in [4.78, 5) is 14.3.